The summed E-state index contributed by atoms with van der Waals surface area (Å²) >= 11 is 6.18. The van der Waals surface area contributed by atoms with Gasteiger partial charge >= 0.3 is 17.9 Å². The molecule has 0 radical (unpaired) electrons. The summed E-state index contributed by atoms with van der Waals surface area (Å²) < 4.78 is 38.9. The van der Waals surface area contributed by atoms with Gasteiger partial charge in [0.05, 0.1) is 50.3 Å². The van der Waals surface area contributed by atoms with Crippen molar-refractivity contribution in [2.75, 3.05) is 26.3 Å². The monoisotopic (exact) mass is 876 g/mol. The molecule has 0 saturated carbocycles. The van der Waals surface area contributed by atoms with Gasteiger partial charge in [0.1, 0.15) is 23.7 Å². The van der Waals surface area contributed by atoms with Crippen molar-refractivity contribution in [3.63, 3.8) is 0 Å². The predicted molar refractivity (Wildman–Crippen MR) is 239 cm³/mol. The van der Waals surface area contributed by atoms with E-state index in [4.69, 9.17) is 38.9 Å². The summed E-state index contributed by atoms with van der Waals surface area (Å²) in [6.45, 7) is 15.7. The molecule has 0 amide bonds. The average Bonchev–Trinajstić information content (AvgIpc) is 3.61. The van der Waals surface area contributed by atoms with E-state index >= 15 is 0 Å². The van der Waals surface area contributed by atoms with Gasteiger partial charge in [-0.3, -0.25) is 19.4 Å². The van der Waals surface area contributed by atoms with Crippen LogP contribution in [0.2, 0.25) is 0 Å². The van der Waals surface area contributed by atoms with Crippen LogP contribution in [-0.4, -0.2) is 103 Å². The molecule has 0 bridgehead atoms. The van der Waals surface area contributed by atoms with Gasteiger partial charge in [-0.05, 0) is 36.2 Å². The lowest BCUT2D eigenvalue weighted by Gasteiger charge is -2.42. The molecule has 3 saturated heterocycles. The maximum Gasteiger partial charge on any atom is 0.305 e. The second kappa shape index (κ2) is 29.5. The smallest absolute Gasteiger partial charge is 0.305 e. The minimum atomic E-state index is -0.923. The largest absolute Gasteiger partial charge is 0.460 e. The Morgan fingerprint density at radius 3 is 1.78 bits per heavy atom. The van der Waals surface area contributed by atoms with Gasteiger partial charge < -0.3 is 44.2 Å². The Hall–Kier alpha value is -3.73. The van der Waals surface area contributed by atoms with Gasteiger partial charge in [0.15, 0.2) is 11.2 Å². The third-order valence-electron chi connectivity index (χ3n) is 9.48. The molecule has 16 heteroatoms. The van der Waals surface area contributed by atoms with Gasteiger partial charge in [0.2, 0.25) is 6.29 Å². The van der Waals surface area contributed by atoms with Crippen molar-refractivity contribution in [3.05, 3.63) is 71.8 Å². The molecule has 3 aliphatic rings. The van der Waals surface area contributed by atoms with E-state index in [0.717, 1.165) is 17.2 Å². The fourth-order valence-electron chi connectivity index (χ4n) is 6.71. The van der Waals surface area contributed by atoms with E-state index in [1.807, 2.05) is 74.5 Å². The first kappa shape index (κ1) is 54.3. The fourth-order valence-corrected chi connectivity index (χ4v) is 7.99. The Morgan fingerprint density at radius 2 is 1.28 bits per heavy atom. The number of rotatable bonds is 15. The maximum atomic E-state index is 11.5. The second-order valence-electron chi connectivity index (χ2n) is 13.9. The number of isothiocyanates is 1. The van der Waals surface area contributed by atoms with Gasteiger partial charge in [-0.25, -0.2) is 4.99 Å². The molecule has 0 spiro atoms. The Bertz CT molecular complexity index is 1620. The summed E-state index contributed by atoms with van der Waals surface area (Å²) in [4.78, 5) is 42.5. The molecule has 3 fully saturated rings. The first-order chi connectivity index (χ1) is 27.9. The van der Waals surface area contributed by atoms with Crippen molar-refractivity contribution >= 4 is 52.2 Å². The van der Waals surface area contributed by atoms with Crippen molar-refractivity contribution < 1.29 is 47.5 Å². The van der Waals surface area contributed by atoms with Crippen LogP contribution in [0.25, 0.3) is 0 Å². The number of hydrogen-bond acceptors (Lipinski definition) is 15. The number of fused-ring (bicyclic) bond motifs is 1. The van der Waals surface area contributed by atoms with Crippen molar-refractivity contribution in [1.29, 1.82) is 0 Å². The summed E-state index contributed by atoms with van der Waals surface area (Å²) in [5.74, 6) is -1.13. The van der Waals surface area contributed by atoms with Crippen LogP contribution in [-0.2, 0) is 60.8 Å². The molecular formula is C44H68N4O10S2. The zero-order valence-corrected chi connectivity index (χ0v) is 36.2. The molecule has 2 aromatic rings. The lowest BCUT2D eigenvalue weighted by molar-refractivity contribution is -0.241. The number of aliphatic imine (C=N–C) groups is 2. The number of nitrogens with two attached hydrogens (primary N) is 1. The standard InChI is InChI=1S/C20H28N2O4S.C13H19NO5S.C9H13NO.2CH4/c1-4-16-13(2)18(25-14(3)23)17-19(26-16)27-20(22-17)21-10-11-24-12-15-8-6-5-7-9-15;1-5-10-7(2)12(17-8(3)15)11(14-6-20)13(19-10)18-9(4)16;10-6-7-11-8-9-4-2-1-3-5-9;;/h5-9,13,16-19H,4,10-12H2,1-3H3,(H,21,22);7,10-13H,5H2,1-4H3;1-5H,6-8,10H2;2*1H4/t13-,16-,17-,18?,19-;7-,10-,11-,12?,13?;;;/m11.../s1. The number of nitrogens with one attached hydrogen (secondary N) is 1. The van der Waals surface area contributed by atoms with Gasteiger partial charge in [0.25, 0.3) is 0 Å². The number of thiocarbonyl (C=S) groups is 1. The lowest BCUT2D eigenvalue weighted by Crippen LogP contribution is -2.56. The fraction of sp³-hybridized carbons (Fsp3) is 0.614. The Kier molecular flexibility index (Phi) is 26.7. The first-order valence-corrected chi connectivity index (χ1v) is 21.0. The van der Waals surface area contributed by atoms with Crippen LogP contribution < -0.4 is 11.1 Å². The van der Waals surface area contributed by atoms with Gasteiger partial charge in [-0.1, -0.05) is 115 Å². The zero-order chi connectivity index (χ0) is 42.5. The molecule has 60 heavy (non-hydrogen) atoms. The van der Waals surface area contributed by atoms with Crippen molar-refractivity contribution in [1.82, 2.24) is 5.32 Å². The molecule has 14 nitrogen and oxygen atoms in total. The SMILES string of the molecule is C.C.CC[C@H]1OC(OC(C)=O)[C@H](N=C=S)C(OC(C)=O)[C@@H]1C.CC[C@H]1O[C@@H]2SC(=NCCOCc3ccccc3)N[C@@H]2C(OC(C)=O)[C@@H]1C.NCCOCc1ccccc1. The maximum absolute atomic E-state index is 11.5. The third kappa shape index (κ3) is 18.1. The van der Waals surface area contributed by atoms with Crippen LogP contribution in [0.15, 0.2) is 70.6 Å². The topological polar surface area (TPSA) is 179 Å². The van der Waals surface area contributed by atoms with Crippen LogP contribution in [0.4, 0.5) is 0 Å². The Labute approximate surface area is 367 Å². The van der Waals surface area contributed by atoms with Crippen LogP contribution in [0.5, 0.6) is 0 Å². The van der Waals surface area contributed by atoms with E-state index in [9.17, 15) is 14.4 Å². The molecule has 3 N–H and O–H groups in total. The lowest BCUT2D eigenvalue weighted by atomic mass is 9.88. The van der Waals surface area contributed by atoms with Crippen LogP contribution in [0, 0.1) is 11.8 Å². The van der Waals surface area contributed by atoms with Crippen LogP contribution in [0.3, 0.4) is 0 Å². The molecule has 10 atom stereocenters. The summed E-state index contributed by atoms with van der Waals surface area (Å²) in [6, 6.07) is 19.4. The van der Waals surface area contributed by atoms with Crippen molar-refractivity contribution in [3.8, 4) is 0 Å². The molecule has 5 rings (SSSR count). The van der Waals surface area contributed by atoms with E-state index in [2.05, 4.69) is 46.5 Å². The second-order valence-corrected chi connectivity index (χ2v) is 15.2. The summed E-state index contributed by atoms with van der Waals surface area (Å²) in [7, 11) is 0. The molecule has 336 valence electrons. The van der Waals surface area contributed by atoms with E-state index in [0.29, 0.717) is 45.9 Å². The molecule has 3 aliphatic heterocycles. The van der Waals surface area contributed by atoms with Gasteiger partial charge in [-0.2, -0.15) is 0 Å². The molecule has 3 heterocycles. The van der Waals surface area contributed by atoms with Crippen LogP contribution >= 0.6 is 24.0 Å². The number of benzene rings is 2. The number of ether oxygens (including phenoxy) is 7. The molecule has 0 aliphatic carbocycles. The third-order valence-corrected chi connectivity index (χ3v) is 10.7. The van der Waals surface area contributed by atoms with Gasteiger partial charge in [0, 0.05) is 39.2 Å². The van der Waals surface area contributed by atoms with E-state index in [1.165, 1.54) is 26.3 Å². The highest BCUT2D eigenvalue weighted by molar-refractivity contribution is 8.14. The highest BCUT2D eigenvalue weighted by Crippen LogP contribution is 2.39. The predicted octanol–water partition coefficient (Wildman–Crippen LogP) is 7.12. The molecule has 0 aromatic heterocycles. The first-order valence-electron chi connectivity index (χ1n) is 19.7. The quantitative estimate of drug-likeness (QED) is 0.0607. The Balaban J connectivity index is 0.000000481. The number of carbonyl (C=O) groups is 3. The molecule has 2 aromatic carbocycles. The normalized spacial score (nSPS) is 26.9. The van der Waals surface area contributed by atoms with Gasteiger partial charge in [-0.15, -0.1) is 0 Å². The number of hydrogen-bond donors (Lipinski definition) is 2. The Morgan fingerprint density at radius 1 is 0.783 bits per heavy atom. The van der Waals surface area contributed by atoms with Crippen molar-refractivity contribution in [2.45, 2.75) is 138 Å². The number of amidine groups is 1. The summed E-state index contributed by atoms with van der Waals surface area (Å²) in [5.41, 5.74) is 7.53. The summed E-state index contributed by atoms with van der Waals surface area (Å²) in [5, 5.41) is 6.46. The van der Waals surface area contributed by atoms with Crippen molar-refractivity contribution in [2.24, 2.45) is 27.6 Å². The molecule has 3 unspecified atom stereocenters. The minimum absolute atomic E-state index is 0. The zero-order valence-electron chi connectivity index (χ0n) is 34.6. The number of thioether (sulfide) groups is 1. The van der Waals surface area contributed by atoms with E-state index < -0.39 is 30.4 Å². The molecular weight excluding hydrogens is 809 g/mol. The van der Waals surface area contributed by atoms with E-state index in [-0.39, 0.29) is 62.4 Å². The van der Waals surface area contributed by atoms with E-state index in [1.54, 1.807) is 11.8 Å². The highest BCUT2D eigenvalue weighted by atomic mass is 32.2. The number of carbonyl (C=O) groups excluding carboxylic acids is 3. The average molecular weight is 877 g/mol. The number of nitrogens with zero attached hydrogens (tertiary/aromatic N) is 2. The van der Waals surface area contributed by atoms with Crippen LogP contribution in [0.1, 0.15) is 87.3 Å². The number of esters is 3. The minimum Gasteiger partial charge on any atom is -0.460 e. The highest BCUT2D eigenvalue weighted by Gasteiger charge is 2.50. The summed E-state index contributed by atoms with van der Waals surface area (Å²) in [6.07, 6.45) is -0.216.